The largest absolute Gasteiger partial charge is 0.434 e. The molecule has 102 valence electrons. The van der Waals surface area contributed by atoms with Crippen molar-refractivity contribution in [3.63, 3.8) is 0 Å². The van der Waals surface area contributed by atoms with E-state index in [0.717, 1.165) is 16.7 Å². The van der Waals surface area contributed by atoms with E-state index in [-0.39, 0.29) is 20.9 Å². The number of thiazole rings is 1. The van der Waals surface area contributed by atoms with Crippen molar-refractivity contribution < 1.29 is 13.2 Å². The first-order valence-corrected chi connectivity index (χ1v) is 6.45. The van der Waals surface area contributed by atoms with Gasteiger partial charge in [-0.3, -0.25) is 0 Å². The van der Waals surface area contributed by atoms with Gasteiger partial charge >= 0.3 is 6.18 Å². The summed E-state index contributed by atoms with van der Waals surface area (Å²) in [5.41, 5.74) is 5.22. The van der Waals surface area contributed by atoms with Crippen LogP contribution in [0.3, 0.4) is 0 Å². The Morgan fingerprint density at radius 2 is 1.79 bits per heavy atom. The highest BCUT2D eigenvalue weighted by Crippen LogP contribution is 2.35. The lowest BCUT2D eigenvalue weighted by molar-refractivity contribution is -0.140. The SMILES string of the molecule is Nc1c(Cl)cc(Nc2nc(C(F)(F)F)cs2)cc1Cl. The van der Waals surface area contributed by atoms with Crippen LogP contribution in [-0.2, 0) is 6.18 Å². The lowest BCUT2D eigenvalue weighted by atomic mass is 10.3. The summed E-state index contributed by atoms with van der Waals surface area (Å²) < 4.78 is 37.1. The van der Waals surface area contributed by atoms with Crippen LogP contribution in [0, 0.1) is 0 Å². The molecule has 0 aliphatic carbocycles. The van der Waals surface area contributed by atoms with Crippen molar-refractivity contribution in [3.05, 3.63) is 33.3 Å². The minimum atomic E-state index is -4.47. The van der Waals surface area contributed by atoms with Gasteiger partial charge in [0.1, 0.15) is 0 Å². The van der Waals surface area contributed by atoms with Gasteiger partial charge in [0.05, 0.1) is 15.7 Å². The maximum atomic E-state index is 12.4. The fourth-order valence-corrected chi connectivity index (χ4v) is 2.47. The zero-order valence-corrected chi connectivity index (χ0v) is 11.4. The molecule has 3 nitrogen and oxygen atoms in total. The molecule has 0 saturated carbocycles. The van der Waals surface area contributed by atoms with Crippen molar-refractivity contribution in [3.8, 4) is 0 Å². The Morgan fingerprint density at radius 3 is 2.26 bits per heavy atom. The third-order valence-electron chi connectivity index (χ3n) is 2.12. The number of hydrogen-bond acceptors (Lipinski definition) is 4. The highest BCUT2D eigenvalue weighted by Gasteiger charge is 2.33. The molecule has 0 atom stereocenters. The standard InChI is InChI=1S/C10H6Cl2F3N3S/c11-5-1-4(2-6(12)8(5)16)17-9-18-7(3-19-9)10(13,14)15/h1-3H,16H2,(H,17,18). The highest BCUT2D eigenvalue weighted by molar-refractivity contribution is 7.13. The molecule has 0 aliphatic heterocycles. The van der Waals surface area contributed by atoms with E-state index in [1.54, 1.807) is 0 Å². The predicted molar refractivity (Wildman–Crippen MR) is 71.3 cm³/mol. The minimum absolute atomic E-state index is 0.0872. The number of hydrogen-bond donors (Lipinski definition) is 2. The number of aromatic nitrogens is 1. The Labute approximate surface area is 120 Å². The quantitative estimate of drug-likeness (QED) is 0.779. The summed E-state index contributed by atoms with van der Waals surface area (Å²) in [6.07, 6.45) is -4.47. The number of nitrogens with zero attached hydrogens (tertiary/aromatic N) is 1. The van der Waals surface area contributed by atoms with Crippen LogP contribution in [0.2, 0.25) is 10.0 Å². The summed E-state index contributed by atoms with van der Waals surface area (Å²) in [6, 6.07) is 2.91. The van der Waals surface area contributed by atoms with Gasteiger partial charge in [0.25, 0.3) is 0 Å². The van der Waals surface area contributed by atoms with Crippen molar-refractivity contribution in [1.29, 1.82) is 0 Å². The number of benzene rings is 1. The average molecular weight is 328 g/mol. The van der Waals surface area contributed by atoms with Gasteiger partial charge in [-0.25, -0.2) is 4.98 Å². The molecule has 0 aliphatic rings. The van der Waals surface area contributed by atoms with Gasteiger partial charge in [0, 0.05) is 11.1 Å². The molecule has 1 aromatic carbocycles. The summed E-state index contributed by atoms with van der Waals surface area (Å²) in [6.45, 7) is 0. The number of alkyl halides is 3. The summed E-state index contributed by atoms with van der Waals surface area (Å²) in [5, 5.41) is 4.12. The van der Waals surface area contributed by atoms with Gasteiger partial charge in [0.2, 0.25) is 0 Å². The Kier molecular flexibility index (Phi) is 3.80. The van der Waals surface area contributed by atoms with Gasteiger partial charge in [-0.2, -0.15) is 13.2 Å². The maximum absolute atomic E-state index is 12.4. The molecular weight excluding hydrogens is 322 g/mol. The summed E-state index contributed by atoms with van der Waals surface area (Å²) >= 11 is 12.5. The van der Waals surface area contributed by atoms with E-state index in [9.17, 15) is 13.2 Å². The lowest BCUT2D eigenvalue weighted by Crippen LogP contribution is -2.05. The van der Waals surface area contributed by atoms with Crippen LogP contribution in [0.15, 0.2) is 17.5 Å². The van der Waals surface area contributed by atoms with Crippen LogP contribution in [0.4, 0.5) is 29.7 Å². The third-order valence-corrected chi connectivity index (χ3v) is 3.51. The smallest absolute Gasteiger partial charge is 0.396 e. The number of anilines is 3. The van der Waals surface area contributed by atoms with E-state index >= 15 is 0 Å². The molecule has 0 amide bonds. The first-order valence-electron chi connectivity index (χ1n) is 4.81. The Hall–Kier alpha value is -1.18. The number of rotatable bonds is 2. The molecule has 0 spiro atoms. The monoisotopic (exact) mass is 327 g/mol. The van der Waals surface area contributed by atoms with Gasteiger partial charge in [-0.05, 0) is 12.1 Å². The second-order valence-corrected chi connectivity index (χ2v) is 5.19. The maximum Gasteiger partial charge on any atom is 0.434 e. The molecule has 0 fully saturated rings. The van der Waals surface area contributed by atoms with E-state index in [1.807, 2.05) is 0 Å². The topological polar surface area (TPSA) is 50.9 Å². The van der Waals surface area contributed by atoms with Crippen molar-refractivity contribution in [2.24, 2.45) is 0 Å². The number of halogens is 5. The summed E-state index contributed by atoms with van der Waals surface area (Å²) in [4.78, 5) is 3.42. The lowest BCUT2D eigenvalue weighted by Gasteiger charge is -2.07. The number of nitrogens with one attached hydrogen (secondary N) is 1. The zero-order chi connectivity index (χ0) is 14.2. The number of nitrogens with two attached hydrogens (primary N) is 1. The zero-order valence-electron chi connectivity index (χ0n) is 9.05. The first-order chi connectivity index (χ1) is 8.77. The number of nitrogen functional groups attached to an aromatic ring is 1. The third kappa shape index (κ3) is 3.23. The second kappa shape index (κ2) is 5.07. The fourth-order valence-electron chi connectivity index (χ4n) is 1.24. The van der Waals surface area contributed by atoms with E-state index in [0.29, 0.717) is 5.69 Å². The molecule has 2 rings (SSSR count). The molecule has 3 N–H and O–H groups in total. The van der Waals surface area contributed by atoms with Crippen LogP contribution in [0.25, 0.3) is 0 Å². The molecule has 0 unspecified atom stereocenters. The Bertz CT molecular complexity index is 589. The van der Waals surface area contributed by atoms with Crippen LogP contribution in [-0.4, -0.2) is 4.98 Å². The molecule has 0 saturated heterocycles. The van der Waals surface area contributed by atoms with Crippen LogP contribution in [0.1, 0.15) is 5.69 Å². The minimum Gasteiger partial charge on any atom is -0.396 e. The van der Waals surface area contributed by atoms with Crippen molar-refractivity contribution >= 4 is 51.0 Å². The second-order valence-electron chi connectivity index (χ2n) is 3.51. The van der Waals surface area contributed by atoms with Crippen molar-refractivity contribution in [2.75, 3.05) is 11.1 Å². The molecule has 9 heteroatoms. The van der Waals surface area contributed by atoms with Crippen LogP contribution in [0.5, 0.6) is 0 Å². The van der Waals surface area contributed by atoms with E-state index in [1.165, 1.54) is 12.1 Å². The van der Waals surface area contributed by atoms with Gasteiger partial charge < -0.3 is 11.1 Å². The van der Waals surface area contributed by atoms with E-state index in [4.69, 9.17) is 28.9 Å². The molecule has 19 heavy (non-hydrogen) atoms. The fraction of sp³-hybridized carbons (Fsp3) is 0.100. The first kappa shape index (κ1) is 14.2. The Morgan fingerprint density at radius 1 is 1.21 bits per heavy atom. The highest BCUT2D eigenvalue weighted by atomic mass is 35.5. The molecule has 0 bridgehead atoms. The normalized spacial score (nSPS) is 11.6. The molecule has 0 radical (unpaired) electrons. The Balaban J connectivity index is 2.25. The summed E-state index contributed by atoms with van der Waals surface area (Å²) in [5.74, 6) is 0. The van der Waals surface area contributed by atoms with Crippen molar-refractivity contribution in [1.82, 2.24) is 4.98 Å². The summed E-state index contributed by atoms with van der Waals surface area (Å²) in [7, 11) is 0. The predicted octanol–water partition coefficient (Wildman–Crippen LogP) is 4.79. The van der Waals surface area contributed by atoms with E-state index < -0.39 is 11.9 Å². The molecule has 1 heterocycles. The van der Waals surface area contributed by atoms with Gasteiger partial charge in [0.15, 0.2) is 10.8 Å². The van der Waals surface area contributed by atoms with Gasteiger partial charge in [-0.1, -0.05) is 23.2 Å². The van der Waals surface area contributed by atoms with Gasteiger partial charge in [-0.15, -0.1) is 11.3 Å². The van der Waals surface area contributed by atoms with Crippen molar-refractivity contribution in [2.45, 2.75) is 6.18 Å². The molecular formula is C10H6Cl2F3N3S. The average Bonchev–Trinajstić information content (AvgIpc) is 2.74. The van der Waals surface area contributed by atoms with E-state index in [2.05, 4.69) is 10.3 Å². The molecule has 1 aromatic heterocycles. The van der Waals surface area contributed by atoms with Crippen LogP contribution >= 0.6 is 34.5 Å². The van der Waals surface area contributed by atoms with Crippen LogP contribution < -0.4 is 11.1 Å². The molecule has 2 aromatic rings.